The van der Waals surface area contributed by atoms with Gasteiger partial charge in [-0.2, -0.15) is 0 Å². The first-order valence-corrected chi connectivity index (χ1v) is 6.20. The molecule has 0 aliphatic heterocycles. The zero-order chi connectivity index (χ0) is 14.5. The summed E-state index contributed by atoms with van der Waals surface area (Å²) < 4.78 is 12.8. The fraction of sp³-hybridized carbons (Fsp3) is 0.200. The molecule has 0 aliphatic carbocycles. The summed E-state index contributed by atoms with van der Waals surface area (Å²) in [7, 11) is 3.64. The number of nitrogens with zero attached hydrogens (tertiary/aromatic N) is 2. The molecular weight excluding hydrogens is 257 g/mol. The summed E-state index contributed by atoms with van der Waals surface area (Å²) in [5.41, 5.74) is 1.37. The summed E-state index contributed by atoms with van der Waals surface area (Å²) in [6.07, 6.45) is 3.32. The summed E-state index contributed by atoms with van der Waals surface area (Å²) in [5, 5.41) is 2.77. The predicted molar refractivity (Wildman–Crippen MR) is 75.7 cm³/mol. The molecule has 1 aromatic heterocycles. The maximum atomic E-state index is 12.8. The van der Waals surface area contributed by atoms with Gasteiger partial charge in [0, 0.05) is 18.1 Å². The van der Waals surface area contributed by atoms with Crippen LogP contribution in [-0.2, 0) is 4.79 Å². The van der Waals surface area contributed by atoms with Crippen LogP contribution in [0.1, 0.15) is 11.6 Å². The largest absolute Gasteiger partial charge is 0.324 e. The predicted octanol–water partition coefficient (Wildman–Crippen LogP) is 2.46. The van der Waals surface area contributed by atoms with Gasteiger partial charge in [-0.05, 0) is 50.0 Å². The number of carbonyl (C=O) groups excluding carboxylic acids is 1. The van der Waals surface area contributed by atoms with Gasteiger partial charge in [-0.25, -0.2) is 4.39 Å². The summed E-state index contributed by atoms with van der Waals surface area (Å²) in [6.45, 7) is 0. The van der Waals surface area contributed by atoms with Crippen LogP contribution in [0.2, 0.25) is 0 Å². The highest BCUT2D eigenvalue weighted by molar-refractivity contribution is 5.95. The Hall–Kier alpha value is -2.27. The van der Waals surface area contributed by atoms with Crippen molar-refractivity contribution in [2.45, 2.75) is 6.04 Å². The summed E-state index contributed by atoms with van der Waals surface area (Å²) in [6, 6.07) is 8.87. The van der Waals surface area contributed by atoms with E-state index in [1.807, 2.05) is 20.2 Å². The average molecular weight is 273 g/mol. The molecule has 4 nitrogen and oxygen atoms in total. The Bertz CT molecular complexity index is 569. The molecule has 5 heteroatoms. The zero-order valence-electron chi connectivity index (χ0n) is 11.4. The molecule has 0 spiro atoms. The van der Waals surface area contributed by atoms with Crippen molar-refractivity contribution in [3.8, 4) is 0 Å². The molecule has 0 bridgehead atoms. The van der Waals surface area contributed by atoms with E-state index in [1.165, 1.54) is 24.3 Å². The molecule has 0 aliphatic rings. The highest BCUT2D eigenvalue weighted by atomic mass is 19.1. The highest BCUT2D eigenvalue weighted by Crippen LogP contribution is 2.19. The molecule has 1 amide bonds. The van der Waals surface area contributed by atoms with Gasteiger partial charge in [0.2, 0.25) is 5.91 Å². The number of amides is 1. The monoisotopic (exact) mass is 273 g/mol. The van der Waals surface area contributed by atoms with Gasteiger partial charge in [0.05, 0.1) is 0 Å². The van der Waals surface area contributed by atoms with E-state index in [9.17, 15) is 9.18 Å². The van der Waals surface area contributed by atoms with E-state index < -0.39 is 6.04 Å². The number of hydrogen-bond donors (Lipinski definition) is 1. The lowest BCUT2D eigenvalue weighted by Gasteiger charge is -2.23. The fourth-order valence-corrected chi connectivity index (χ4v) is 1.97. The SMILES string of the molecule is CN(C)C(C(=O)Nc1ccc(F)cc1)c1cccnc1. The van der Waals surface area contributed by atoms with Crippen molar-refractivity contribution >= 4 is 11.6 Å². The molecule has 0 saturated heterocycles. The number of nitrogens with one attached hydrogen (secondary N) is 1. The van der Waals surface area contributed by atoms with Crippen molar-refractivity contribution in [2.24, 2.45) is 0 Å². The Morgan fingerprint density at radius 3 is 2.50 bits per heavy atom. The normalized spacial score (nSPS) is 12.2. The number of carbonyl (C=O) groups is 1. The maximum absolute atomic E-state index is 12.8. The topological polar surface area (TPSA) is 45.2 Å². The minimum absolute atomic E-state index is 0.186. The van der Waals surface area contributed by atoms with Crippen LogP contribution in [0, 0.1) is 5.82 Å². The van der Waals surface area contributed by atoms with Crippen LogP contribution in [0.25, 0.3) is 0 Å². The third-order valence-electron chi connectivity index (χ3n) is 2.88. The molecule has 0 saturated carbocycles. The second-order valence-corrected chi connectivity index (χ2v) is 4.65. The first kappa shape index (κ1) is 14.1. The third kappa shape index (κ3) is 3.39. The second-order valence-electron chi connectivity index (χ2n) is 4.65. The number of aromatic nitrogens is 1. The summed E-state index contributed by atoms with van der Waals surface area (Å²) in [4.78, 5) is 18.2. The van der Waals surface area contributed by atoms with Gasteiger partial charge in [-0.15, -0.1) is 0 Å². The minimum atomic E-state index is -0.450. The van der Waals surface area contributed by atoms with E-state index in [-0.39, 0.29) is 11.7 Å². The van der Waals surface area contributed by atoms with Gasteiger partial charge in [0.15, 0.2) is 0 Å². The van der Waals surface area contributed by atoms with E-state index in [4.69, 9.17) is 0 Å². The Balaban J connectivity index is 2.18. The van der Waals surface area contributed by atoms with Crippen molar-refractivity contribution in [1.29, 1.82) is 0 Å². The lowest BCUT2D eigenvalue weighted by Crippen LogP contribution is -2.32. The van der Waals surface area contributed by atoms with E-state index in [1.54, 1.807) is 23.4 Å². The molecule has 2 rings (SSSR count). The van der Waals surface area contributed by atoms with Crippen molar-refractivity contribution < 1.29 is 9.18 Å². The minimum Gasteiger partial charge on any atom is -0.324 e. The number of halogens is 1. The van der Waals surface area contributed by atoms with E-state index in [2.05, 4.69) is 10.3 Å². The van der Waals surface area contributed by atoms with Crippen molar-refractivity contribution in [1.82, 2.24) is 9.88 Å². The summed E-state index contributed by atoms with van der Waals surface area (Å²) in [5.74, 6) is -0.519. The number of anilines is 1. The van der Waals surface area contributed by atoms with Gasteiger partial charge in [0.1, 0.15) is 11.9 Å². The van der Waals surface area contributed by atoms with Crippen LogP contribution in [0.4, 0.5) is 10.1 Å². The highest BCUT2D eigenvalue weighted by Gasteiger charge is 2.23. The van der Waals surface area contributed by atoms with E-state index >= 15 is 0 Å². The van der Waals surface area contributed by atoms with Crippen molar-refractivity contribution in [2.75, 3.05) is 19.4 Å². The summed E-state index contributed by atoms with van der Waals surface area (Å²) >= 11 is 0. The second kappa shape index (κ2) is 6.25. The molecule has 1 unspecified atom stereocenters. The van der Waals surface area contributed by atoms with Crippen LogP contribution in [-0.4, -0.2) is 29.9 Å². The Morgan fingerprint density at radius 2 is 1.95 bits per heavy atom. The molecule has 0 radical (unpaired) electrons. The Labute approximate surface area is 117 Å². The molecule has 1 aromatic carbocycles. The molecule has 1 atom stereocenters. The molecule has 1 heterocycles. The molecule has 0 fully saturated rings. The van der Waals surface area contributed by atoms with Crippen LogP contribution >= 0.6 is 0 Å². The van der Waals surface area contributed by atoms with Gasteiger partial charge >= 0.3 is 0 Å². The van der Waals surface area contributed by atoms with Gasteiger partial charge in [0.25, 0.3) is 0 Å². The van der Waals surface area contributed by atoms with Crippen LogP contribution in [0.15, 0.2) is 48.8 Å². The lowest BCUT2D eigenvalue weighted by molar-refractivity contribution is -0.120. The first-order chi connectivity index (χ1) is 9.58. The number of pyridine rings is 1. The van der Waals surface area contributed by atoms with Crippen LogP contribution in [0.5, 0.6) is 0 Å². The standard InChI is InChI=1S/C15H16FN3O/c1-19(2)14(11-4-3-9-17-10-11)15(20)18-13-7-5-12(16)6-8-13/h3-10,14H,1-2H3,(H,18,20). The fourth-order valence-electron chi connectivity index (χ4n) is 1.97. The first-order valence-electron chi connectivity index (χ1n) is 6.20. The number of benzene rings is 1. The zero-order valence-corrected chi connectivity index (χ0v) is 11.4. The smallest absolute Gasteiger partial charge is 0.246 e. The van der Waals surface area contributed by atoms with Gasteiger partial charge < -0.3 is 5.32 Å². The van der Waals surface area contributed by atoms with Crippen LogP contribution < -0.4 is 5.32 Å². The number of rotatable bonds is 4. The quantitative estimate of drug-likeness (QED) is 0.930. The van der Waals surface area contributed by atoms with Crippen LogP contribution in [0.3, 0.4) is 0 Å². The van der Waals surface area contributed by atoms with Crippen molar-refractivity contribution in [3.05, 3.63) is 60.2 Å². The number of hydrogen-bond acceptors (Lipinski definition) is 3. The third-order valence-corrected chi connectivity index (χ3v) is 2.88. The maximum Gasteiger partial charge on any atom is 0.246 e. The van der Waals surface area contributed by atoms with Gasteiger partial charge in [-0.3, -0.25) is 14.7 Å². The molecular formula is C15H16FN3O. The molecule has 1 N–H and O–H groups in total. The Morgan fingerprint density at radius 1 is 1.25 bits per heavy atom. The Kier molecular flexibility index (Phi) is 4.42. The average Bonchev–Trinajstić information content (AvgIpc) is 2.42. The van der Waals surface area contributed by atoms with E-state index in [0.717, 1.165) is 5.56 Å². The lowest BCUT2D eigenvalue weighted by atomic mass is 10.1. The molecule has 2 aromatic rings. The molecule has 104 valence electrons. The van der Waals surface area contributed by atoms with Crippen molar-refractivity contribution in [3.63, 3.8) is 0 Å². The number of likely N-dealkylation sites (N-methyl/N-ethyl adjacent to an activating group) is 1. The van der Waals surface area contributed by atoms with Gasteiger partial charge in [-0.1, -0.05) is 6.07 Å². The molecule has 20 heavy (non-hydrogen) atoms. The van der Waals surface area contributed by atoms with E-state index in [0.29, 0.717) is 5.69 Å².